The predicted octanol–water partition coefficient (Wildman–Crippen LogP) is 1.35. The molecule has 0 aliphatic heterocycles. The quantitative estimate of drug-likeness (QED) is 0.671. The minimum absolute atomic E-state index is 0. The Kier molecular flexibility index (Phi) is 35.2. The van der Waals surface area contributed by atoms with Crippen molar-refractivity contribution in [2.24, 2.45) is 0 Å². The molecule has 0 spiro atoms. The Labute approximate surface area is 70.1 Å². The van der Waals surface area contributed by atoms with Crippen LogP contribution in [0.3, 0.4) is 0 Å². The van der Waals surface area contributed by atoms with Gasteiger partial charge in [-0.1, -0.05) is 13.3 Å². The minimum Gasteiger partial charge on any atom is -0.396 e. The normalized spacial score (nSPS) is 6.00. The zero-order valence-electron chi connectivity index (χ0n) is 4.48. The van der Waals surface area contributed by atoms with Gasteiger partial charge in [0.05, 0.1) is 0 Å². The number of hydrogen-bond donors (Lipinski definition) is 1. The Morgan fingerprint density at radius 3 is 1.86 bits per heavy atom. The number of aliphatic hydroxyl groups excluding tert-OH is 1. The summed E-state index contributed by atoms with van der Waals surface area (Å²) in [5, 5.41) is 8.07. The van der Waals surface area contributed by atoms with Crippen LogP contribution < -0.4 is 0 Å². The van der Waals surface area contributed by atoms with Gasteiger partial charge in [0, 0.05) is 28.3 Å². The number of hydrogen-bond acceptors (Lipinski definition) is 1. The molecule has 1 N–H and O–H groups in total. The zero-order valence-corrected chi connectivity index (χ0v) is 7.75. The van der Waals surface area contributed by atoms with E-state index in [1.807, 2.05) is 0 Å². The molecule has 0 fully saturated rings. The van der Waals surface area contributed by atoms with Gasteiger partial charge in [-0.2, -0.15) is 0 Å². The van der Waals surface area contributed by atoms with Gasteiger partial charge in [0.2, 0.25) is 0 Å². The summed E-state index contributed by atoms with van der Waals surface area (Å²) in [6, 6.07) is 0. The van der Waals surface area contributed by atoms with E-state index in [1.54, 1.807) is 0 Å². The summed E-state index contributed by atoms with van der Waals surface area (Å²) in [7, 11) is 0. The predicted molar refractivity (Wildman–Crippen MR) is 32.3 cm³/mol. The van der Waals surface area contributed by atoms with Crippen molar-refractivity contribution in [3.8, 4) is 0 Å². The molecule has 0 radical (unpaired) electrons. The van der Waals surface area contributed by atoms with Crippen LogP contribution in [0, 0.1) is 0 Å². The van der Waals surface area contributed by atoms with Crippen LogP contribution in [0.25, 0.3) is 0 Å². The van der Waals surface area contributed by atoms with E-state index < -0.39 is 0 Å². The van der Waals surface area contributed by atoms with E-state index in [0.29, 0.717) is 6.61 Å². The zero-order chi connectivity index (χ0) is 4.12. The molecular weight excluding hydrogens is 192 g/mol. The first-order chi connectivity index (χ1) is 2.41. The van der Waals surface area contributed by atoms with E-state index in [1.165, 1.54) is 0 Å². The minimum atomic E-state index is 0. The van der Waals surface area contributed by atoms with E-state index >= 15 is 0 Å². The summed E-state index contributed by atoms with van der Waals surface area (Å²) < 4.78 is 0. The standard InChI is InChI=1S/C4H10O.BrH.Ti/c1-2-3-4-5;;/h5H,2-4H2,1H3;1H;. The fourth-order valence-corrected chi connectivity index (χ4v) is 0.158. The smallest absolute Gasteiger partial charge is 0.0430 e. The van der Waals surface area contributed by atoms with E-state index in [-0.39, 0.29) is 38.7 Å². The van der Waals surface area contributed by atoms with Crippen LogP contribution >= 0.6 is 17.0 Å². The maximum atomic E-state index is 8.07. The largest absolute Gasteiger partial charge is 0.396 e. The molecule has 0 aromatic heterocycles. The topological polar surface area (TPSA) is 20.2 Å². The summed E-state index contributed by atoms with van der Waals surface area (Å²) >= 11 is 0. The van der Waals surface area contributed by atoms with Gasteiger partial charge >= 0.3 is 0 Å². The Balaban J connectivity index is -0.0000000800. The van der Waals surface area contributed by atoms with Crippen molar-refractivity contribution in [1.82, 2.24) is 0 Å². The summed E-state index contributed by atoms with van der Waals surface area (Å²) in [4.78, 5) is 0. The Hall–Kier alpha value is 1.15. The average molecular weight is 203 g/mol. The third kappa shape index (κ3) is 19.1. The Morgan fingerprint density at radius 2 is 1.86 bits per heavy atom. The van der Waals surface area contributed by atoms with Gasteiger partial charge in [-0.25, -0.2) is 0 Å². The van der Waals surface area contributed by atoms with Gasteiger partial charge in [-0.15, -0.1) is 17.0 Å². The molecule has 0 aliphatic carbocycles. The summed E-state index contributed by atoms with van der Waals surface area (Å²) in [6.45, 7) is 2.40. The van der Waals surface area contributed by atoms with Gasteiger partial charge < -0.3 is 5.11 Å². The van der Waals surface area contributed by atoms with Crippen LogP contribution in [-0.4, -0.2) is 11.7 Å². The van der Waals surface area contributed by atoms with Gasteiger partial charge in [0.25, 0.3) is 0 Å². The van der Waals surface area contributed by atoms with Crippen LogP contribution in [0.1, 0.15) is 19.8 Å². The molecule has 0 atom stereocenters. The van der Waals surface area contributed by atoms with Gasteiger partial charge in [-0.3, -0.25) is 0 Å². The molecule has 0 amide bonds. The van der Waals surface area contributed by atoms with Gasteiger partial charge in [0.15, 0.2) is 0 Å². The number of aliphatic hydroxyl groups is 1. The van der Waals surface area contributed by atoms with Gasteiger partial charge in [0.1, 0.15) is 0 Å². The van der Waals surface area contributed by atoms with Crippen LogP contribution in [0.2, 0.25) is 0 Å². The fraction of sp³-hybridized carbons (Fsp3) is 1.00. The molecule has 0 heterocycles. The second-order valence-electron chi connectivity index (χ2n) is 1.08. The molecule has 1 nitrogen and oxygen atoms in total. The molecule has 0 saturated carbocycles. The molecule has 0 aliphatic rings. The summed E-state index contributed by atoms with van der Waals surface area (Å²) in [5.41, 5.74) is 0. The Bertz CT molecular complexity index is 19.2. The van der Waals surface area contributed by atoms with E-state index in [0.717, 1.165) is 12.8 Å². The van der Waals surface area contributed by atoms with Crippen molar-refractivity contribution < 1.29 is 26.8 Å². The number of unbranched alkanes of at least 4 members (excludes halogenated alkanes) is 1. The van der Waals surface area contributed by atoms with Crippen molar-refractivity contribution in [1.29, 1.82) is 0 Å². The third-order valence-electron chi connectivity index (χ3n) is 0.512. The van der Waals surface area contributed by atoms with Crippen molar-refractivity contribution in [3.63, 3.8) is 0 Å². The molecule has 7 heavy (non-hydrogen) atoms. The van der Waals surface area contributed by atoms with E-state index in [4.69, 9.17) is 5.11 Å². The van der Waals surface area contributed by atoms with Crippen LogP contribution in [0.15, 0.2) is 0 Å². The fourth-order valence-electron chi connectivity index (χ4n) is 0.158. The van der Waals surface area contributed by atoms with Crippen LogP contribution in [0.4, 0.5) is 0 Å². The monoisotopic (exact) mass is 202 g/mol. The second-order valence-corrected chi connectivity index (χ2v) is 1.08. The van der Waals surface area contributed by atoms with E-state index in [9.17, 15) is 0 Å². The SMILES string of the molecule is Br.CCCCO.[Ti]. The van der Waals surface area contributed by atoms with Gasteiger partial charge in [-0.05, 0) is 6.42 Å². The Morgan fingerprint density at radius 1 is 1.43 bits per heavy atom. The van der Waals surface area contributed by atoms with E-state index in [2.05, 4.69) is 6.92 Å². The molecule has 0 rings (SSSR count). The molecule has 0 bridgehead atoms. The molecule has 0 aromatic rings. The van der Waals surface area contributed by atoms with Crippen molar-refractivity contribution in [2.75, 3.05) is 6.61 Å². The molecule has 0 saturated heterocycles. The maximum absolute atomic E-state index is 8.07. The first-order valence-corrected chi connectivity index (χ1v) is 2.02. The first-order valence-electron chi connectivity index (χ1n) is 2.02. The molecular formula is C4H11BrOTi. The number of halogens is 1. The summed E-state index contributed by atoms with van der Waals surface area (Å²) in [5.74, 6) is 0. The van der Waals surface area contributed by atoms with Crippen molar-refractivity contribution in [3.05, 3.63) is 0 Å². The summed E-state index contributed by atoms with van der Waals surface area (Å²) in [6.07, 6.45) is 2.04. The van der Waals surface area contributed by atoms with Crippen molar-refractivity contribution in [2.45, 2.75) is 19.8 Å². The van der Waals surface area contributed by atoms with Crippen LogP contribution in [0.5, 0.6) is 0 Å². The molecule has 3 heteroatoms. The maximum Gasteiger partial charge on any atom is 0.0430 e. The van der Waals surface area contributed by atoms with Crippen LogP contribution in [-0.2, 0) is 21.7 Å². The molecule has 0 unspecified atom stereocenters. The van der Waals surface area contributed by atoms with Crippen molar-refractivity contribution >= 4 is 17.0 Å². The molecule has 0 aromatic carbocycles. The second kappa shape index (κ2) is 15.7. The molecule has 44 valence electrons. The first kappa shape index (κ1) is 15.7. The average Bonchev–Trinajstić information content (AvgIpc) is 1.41. The number of rotatable bonds is 2. The third-order valence-corrected chi connectivity index (χ3v) is 0.512.